The minimum Gasteiger partial charge on any atom is -0.482 e. The molecule has 1 aliphatic carbocycles. The van der Waals surface area contributed by atoms with Crippen LogP contribution in [0.2, 0.25) is 0 Å². The number of ether oxygens (including phenoxy) is 1. The molecule has 3 N–H and O–H groups in total. The van der Waals surface area contributed by atoms with E-state index in [4.69, 9.17) is 9.84 Å². The molecule has 0 saturated heterocycles. The van der Waals surface area contributed by atoms with Gasteiger partial charge < -0.3 is 20.5 Å². The van der Waals surface area contributed by atoms with Crippen LogP contribution in [0.25, 0.3) is 0 Å². The van der Waals surface area contributed by atoms with Crippen LogP contribution >= 0.6 is 0 Å². The Bertz CT molecular complexity index is 626. The maximum Gasteiger partial charge on any atom is 0.341 e. The number of rotatable bonds is 8. The number of hydrogen-bond acceptors (Lipinski definition) is 4. The fourth-order valence-corrected chi connectivity index (χ4v) is 2.82. The molecule has 7 nitrogen and oxygen atoms in total. The largest absolute Gasteiger partial charge is 0.482 e. The van der Waals surface area contributed by atoms with Crippen molar-refractivity contribution in [3.63, 3.8) is 0 Å². The number of aliphatic carboxylic acids is 1. The molecule has 1 aromatic carbocycles. The maximum absolute atomic E-state index is 12.1. The van der Waals surface area contributed by atoms with Crippen molar-refractivity contribution in [2.45, 2.75) is 45.2 Å². The van der Waals surface area contributed by atoms with Crippen molar-refractivity contribution < 1.29 is 24.2 Å². The Balaban J connectivity index is 1.79. The highest BCUT2D eigenvalue weighted by Crippen LogP contribution is 2.24. The third-order valence-electron chi connectivity index (χ3n) is 4.21. The van der Waals surface area contributed by atoms with Gasteiger partial charge in [0, 0.05) is 12.5 Å². The van der Waals surface area contributed by atoms with E-state index in [2.05, 4.69) is 10.6 Å². The molecule has 7 heteroatoms. The number of benzene rings is 1. The molecule has 0 heterocycles. The number of carboxylic acids is 1. The van der Waals surface area contributed by atoms with Gasteiger partial charge in [-0.3, -0.25) is 9.59 Å². The van der Waals surface area contributed by atoms with Crippen molar-refractivity contribution in [3.8, 4) is 5.75 Å². The van der Waals surface area contributed by atoms with E-state index < -0.39 is 18.6 Å². The molecule has 2 rings (SSSR count). The van der Waals surface area contributed by atoms with Gasteiger partial charge in [0.15, 0.2) is 6.61 Å². The van der Waals surface area contributed by atoms with E-state index >= 15 is 0 Å². The Morgan fingerprint density at radius 3 is 2.68 bits per heavy atom. The van der Waals surface area contributed by atoms with Crippen molar-refractivity contribution in [2.75, 3.05) is 6.61 Å². The van der Waals surface area contributed by atoms with Crippen molar-refractivity contribution in [3.05, 3.63) is 29.8 Å². The van der Waals surface area contributed by atoms with Crippen LogP contribution in [0.4, 0.5) is 0 Å². The second-order valence-corrected chi connectivity index (χ2v) is 6.26. The van der Waals surface area contributed by atoms with Crippen LogP contribution in [0, 0.1) is 5.92 Å². The summed E-state index contributed by atoms with van der Waals surface area (Å²) in [6, 6.07) is 6.25. The summed E-state index contributed by atoms with van der Waals surface area (Å²) in [5, 5.41) is 14.1. The van der Waals surface area contributed by atoms with Gasteiger partial charge in [-0.15, -0.1) is 0 Å². The summed E-state index contributed by atoms with van der Waals surface area (Å²) in [7, 11) is 0. The molecule has 0 radical (unpaired) electrons. The van der Waals surface area contributed by atoms with Crippen molar-refractivity contribution in [1.82, 2.24) is 10.6 Å². The van der Waals surface area contributed by atoms with Gasteiger partial charge in [-0.05, 0) is 37.5 Å². The summed E-state index contributed by atoms with van der Waals surface area (Å²) in [6.45, 7) is 1.52. The molecule has 25 heavy (non-hydrogen) atoms. The monoisotopic (exact) mass is 348 g/mol. The lowest BCUT2D eigenvalue weighted by atomic mass is 10.1. The zero-order valence-corrected chi connectivity index (χ0v) is 14.3. The van der Waals surface area contributed by atoms with Crippen LogP contribution in [0.3, 0.4) is 0 Å². The Labute approximate surface area is 146 Å². The van der Waals surface area contributed by atoms with Gasteiger partial charge >= 0.3 is 5.97 Å². The van der Waals surface area contributed by atoms with E-state index in [1.807, 2.05) is 0 Å². The molecule has 0 aromatic heterocycles. The maximum atomic E-state index is 12.1. The summed E-state index contributed by atoms with van der Waals surface area (Å²) >= 11 is 0. The molecule has 1 aromatic rings. The van der Waals surface area contributed by atoms with Crippen LogP contribution < -0.4 is 15.4 Å². The molecule has 0 spiro atoms. The minimum atomic E-state index is -1.05. The fraction of sp³-hybridized carbons (Fsp3) is 0.500. The molecular weight excluding hydrogens is 324 g/mol. The highest BCUT2D eigenvalue weighted by atomic mass is 16.5. The SMILES string of the molecule is CC(NC(=O)C1CCCC1)C(=O)NCc1cccc(OCC(=O)O)c1. The first-order valence-electron chi connectivity index (χ1n) is 8.47. The molecule has 0 bridgehead atoms. The van der Waals surface area contributed by atoms with E-state index in [0.29, 0.717) is 5.75 Å². The predicted octanol–water partition coefficient (Wildman–Crippen LogP) is 1.46. The standard InChI is InChI=1S/C18H24N2O5/c1-12(20-18(24)14-6-2-3-7-14)17(23)19-10-13-5-4-8-15(9-13)25-11-16(21)22/h4-5,8-9,12,14H,2-3,6-7,10-11H2,1H3,(H,19,23)(H,20,24)(H,21,22). The first-order chi connectivity index (χ1) is 12.0. The predicted molar refractivity (Wildman–Crippen MR) is 91.0 cm³/mol. The van der Waals surface area contributed by atoms with Gasteiger partial charge in [-0.2, -0.15) is 0 Å². The minimum absolute atomic E-state index is 0.0262. The number of amides is 2. The zero-order valence-electron chi connectivity index (χ0n) is 14.3. The van der Waals surface area contributed by atoms with Crippen molar-refractivity contribution in [2.24, 2.45) is 5.92 Å². The summed E-state index contributed by atoms with van der Waals surface area (Å²) in [5.74, 6) is -0.909. The number of carboxylic acid groups (broad SMARTS) is 1. The average Bonchev–Trinajstić information content (AvgIpc) is 3.13. The molecule has 2 amide bonds. The average molecular weight is 348 g/mol. The summed E-state index contributed by atoms with van der Waals surface area (Å²) in [5.41, 5.74) is 0.783. The molecule has 136 valence electrons. The summed E-state index contributed by atoms with van der Waals surface area (Å²) in [4.78, 5) is 34.7. The van der Waals surface area contributed by atoms with E-state index in [9.17, 15) is 14.4 Å². The lowest BCUT2D eigenvalue weighted by Gasteiger charge is -2.17. The molecular formula is C18H24N2O5. The quantitative estimate of drug-likeness (QED) is 0.660. The Morgan fingerprint density at radius 1 is 1.28 bits per heavy atom. The van der Waals surface area contributed by atoms with Gasteiger partial charge in [0.2, 0.25) is 11.8 Å². The number of carbonyl (C=O) groups is 3. The van der Waals surface area contributed by atoms with E-state index in [-0.39, 0.29) is 24.3 Å². The van der Waals surface area contributed by atoms with Crippen molar-refractivity contribution >= 4 is 17.8 Å². The Hall–Kier alpha value is -2.57. The highest BCUT2D eigenvalue weighted by molar-refractivity contribution is 5.88. The third kappa shape index (κ3) is 6.10. The van der Waals surface area contributed by atoms with Crippen molar-refractivity contribution in [1.29, 1.82) is 0 Å². The van der Waals surface area contributed by atoms with Gasteiger partial charge in [-0.25, -0.2) is 4.79 Å². The zero-order chi connectivity index (χ0) is 18.2. The van der Waals surface area contributed by atoms with Gasteiger partial charge in [0.1, 0.15) is 11.8 Å². The Kier molecular flexibility index (Phi) is 6.80. The lowest BCUT2D eigenvalue weighted by Crippen LogP contribution is -2.46. The molecule has 1 aliphatic rings. The van der Waals surface area contributed by atoms with Gasteiger partial charge in [0.25, 0.3) is 0 Å². The van der Waals surface area contributed by atoms with E-state index in [1.165, 1.54) is 0 Å². The van der Waals surface area contributed by atoms with Gasteiger partial charge in [-0.1, -0.05) is 25.0 Å². The molecule has 1 unspecified atom stereocenters. The smallest absolute Gasteiger partial charge is 0.341 e. The van der Waals surface area contributed by atoms with Crippen LogP contribution in [0.5, 0.6) is 5.75 Å². The van der Waals surface area contributed by atoms with Crippen LogP contribution in [0.1, 0.15) is 38.2 Å². The van der Waals surface area contributed by atoms with E-state index in [1.54, 1.807) is 31.2 Å². The van der Waals surface area contributed by atoms with Crippen LogP contribution in [-0.2, 0) is 20.9 Å². The molecule has 1 fully saturated rings. The summed E-state index contributed by atoms with van der Waals surface area (Å²) < 4.78 is 5.10. The van der Waals surface area contributed by atoms with Crippen LogP contribution in [0.15, 0.2) is 24.3 Å². The number of nitrogens with one attached hydrogen (secondary N) is 2. The number of carbonyl (C=O) groups excluding carboxylic acids is 2. The second-order valence-electron chi connectivity index (χ2n) is 6.26. The topological polar surface area (TPSA) is 105 Å². The lowest BCUT2D eigenvalue weighted by molar-refractivity contribution is -0.139. The van der Waals surface area contributed by atoms with E-state index in [0.717, 1.165) is 31.2 Å². The molecule has 1 atom stereocenters. The highest BCUT2D eigenvalue weighted by Gasteiger charge is 2.25. The first kappa shape index (κ1) is 18.8. The molecule has 0 aliphatic heterocycles. The number of hydrogen-bond donors (Lipinski definition) is 3. The second kappa shape index (κ2) is 9.05. The summed E-state index contributed by atoms with van der Waals surface area (Å²) in [6.07, 6.45) is 3.92. The van der Waals surface area contributed by atoms with Gasteiger partial charge in [0.05, 0.1) is 0 Å². The first-order valence-corrected chi connectivity index (χ1v) is 8.47. The fourth-order valence-electron chi connectivity index (χ4n) is 2.82. The normalized spacial score (nSPS) is 15.4. The van der Waals surface area contributed by atoms with Crippen LogP contribution in [-0.4, -0.2) is 35.5 Å². The molecule has 1 saturated carbocycles. The Morgan fingerprint density at radius 2 is 2.00 bits per heavy atom. The third-order valence-corrected chi connectivity index (χ3v) is 4.21.